The first-order chi connectivity index (χ1) is 12.7. The van der Waals surface area contributed by atoms with E-state index < -0.39 is 17.7 Å². The Bertz CT molecular complexity index is 795. The van der Waals surface area contributed by atoms with Crippen molar-refractivity contribution in [2.45, 2.75) is 52.7 Å². The van der Waals surface area contributed by atoms with Crippen molar-refractivity contribution < 1.29 is 14.3 Å². The molecule has 2 rings (SSSR count). The lowest BCUT2D eigenvalue weighted by Crippen LogP contribution is -2.47. The SMILES string of the molecule is Cc1cccc(NC(=O)[C@@H](Cc2ccccc2)NC(=O)OC(C)(C)C)c1C. The monoisotopic (exact) mass is 368 g/mol. The average Bonchev–Trinajstić information content (AvgIpc) is 2.57. The third-order valence-electron chi connectivity index (χ3n) is 4.15. The lowest BCUT2D eigenvalue weighted by Gasteiger charge is -2.24. The average molecular weight is 368 g/mol. The van der Waals surface area contributed by atoms with Gasteiger partial charge < -0.3 is 15.4 Å². The molecule has 0 saturated carbocycles. The highest BCUT2D eigenvalue weighted by Crippen LogP contribution is 2.18. The first-order valence-corrected chi connectivity index (χ1v) is 9.06. The van der Waals surface area contributed by atoms with Crippen LogP contribution < -0.4 is 10.6 Å². The van der Waals surface area contributed by atoms with Crippen LogP contribution in [0.25, 0.3) is 0 Å². The third-order valence-corrected chi connectivity index (χ3v) is 4.15. The highest BCUT2D eigenvalue weighted by atomic mass is 16.6. The Morgan fingerprint density at radius 1 is 1.00 bits per heavy atom. The van der Waals surface area contributed by atoms with Gasteiger partial charge in [0.1, 0.15) is 11.6 Å². The van der Waals surface area contributed by atoms with Crippen molar-refractivity contribution in [3.05, 3.63) is 65.2 Å². The maximum atomic E-state index is 12.9. The number of carbonyl (C=O) groups excluding carboxylic acids is 2. The molecular formula is C22H28N2O3. The van der Waals surface area contributed by atoms with Crippen LogP contribution in [-0.2, 0) is 16.0 Å². The van der Waals surface area contributed by atoms with Gasteiger partial charge in [-0.1, -0.05) is 42.5 Å². The van der Waals surface area contributed by atoms with Crippen LogP contribution in [0.15, 0.2) is 48.5 Å². The molecule has 0 bridgehead atoms. The molecule has 2 aromatic rings. The summed E-state index contributed by atoms with van der Waals surface area (Å²) in [4.78, 5) is 25.1. The van der Waals surface area contributed by atoms with Crippen LogP contribution in [0.3, 0.4) is 0 Å². The largest absolute Gasteiger partial charge is 0.444 e. The molecule has 1 atom stereocenters. The fourth-order valence-electron chi connectivity index (χ4n) is 2.62. The summed E-state index contributed by atoms with van der Waals surface area (Å²) in [6.45, 7) is 9.31. The molecule has 2 aromatic carbocycles. The van der Waals surface area contributed by atoms with E-state index in [2.05, 4.69) is 10.6 Å². The zero-order valence-electron chi connectivity index (χ0n) is 16.6. The van der Waals surface area contributed by atoms with Crippen molar-refractivity contribution in [1.29, 1.82) is 0 Å². The maximum absolute atomic E-state index is 12.9. The number of ether oxygens (including phenoxy) is 1. The van der Waals surface area contributed by atoms with E-state index in [1.54, 1.807) is 20.8 Å². The molecule has 0 spiro atoms. The van der Waals surface area contributed by atoms with Gasteiger partial charge in [-0.15, -0.1) is 0 Å². The normalized spacial score (nSPS) is 12.2. The maximum Gasteiger partial charge on any atom is 0.408 e. The van der Waals surface area contributed by atoms with Crippen molar-refractivity contribution in [3.63, 3.8) is 0 Å². The van der Waals surface area contributed by atoms with Crippen molar-refractivity contribution >= 4 is 17.7 Å². The Kier molecular flexibility index (Phi) is 6.61. The number of carbonyl (C=O) groups is 2. The Labute approximate surface area is 161 Å². The number of hydrogen-bond acceptors (Lipinski definition) is 3. The van der Waals surface area contributed by atoms with E-state index in [1.165, 1.54) is 0 Å². The molecule has 5 heteroatoms. The van der Waals surface area contributed by atoms with Crippen LogP contribution in [0.4, 0.5) is 10.5 Å². The highest BCUT2D eigenvalue weighted by molar-refractivity contribution is 5.97. The number of nitrogens with one attached hydrogen (secondary N) is 2. The molecule has 0 aromatic heterocycles. The molecule has 0 radical (unpaired) electrons. The fraction of sp³-hybridized carbons (Fsp3) is 0.364. The quantitative estimate of drug-likeness (QED) is 0.823. The summed E-state index contributed by atoms with van der Waals surface area (Å²) < 4.78 is 5.32. The summed E-state index contributed by atoms with van der Waals surface area (Å²) >= 11 is 0. The first kappa shape index (κ1) is 20.5. The third kappa shape index (κ3) is 6.44. The molecule has 0 fully saturated rings. The van der Waals surface area contributed by atoms with Gasteiger partial charge in [0.2, 0.25) is 5.91 Å². The van der Waals surface area contributed by atoms with Gasteiger partial charge in [-0.05, 0) is 57.4 Å². The standard InChI is InChI=1S/C22H28N2O3/c1-15-10-9-13-18(16(15)2)23-20(25)19(14-17-11-7-6-8-12-17)24-21(26)27-22(3,4)5/h6-13,19H,14H2,1-5H3,(H,23,25)(H,24,26)/t19-/m1/s1. The van der Waals surface area contributed by atoms with Crippen molar-refractivity contribution in [3.8, 4) is 0 Å². The summed E-state index contributed by atoms with van der Waals surface area (Å²) in [5.74, 6) is -0.279. The van der Waals surface area contributed by atoms with E-state index in [1.807, 2.05) is 62.4 Å². The summed E-state index contributed by atoms with van der Waals surface area (Å²) in [5, 5.41) is 5.63. The van der Waals surface area contributed by atoms with Crippen LogP contribution >= 0.6 is 0 Å². The molecule has 5 nitrogen and oxygen atoms in total. The fourth-order valence-corrected chi connectivity index (χ4v) is 2.62. The lowest BCUT2D eigenvalue weighted by molar-refractivity contribution is -0.118. The predicted molar refractivity (Wildman–Crippen MR) is 108 cm³/mol. The number of amides is 2. The van der Waals surface area contributed by atoms with E-state index in [-0.39, 0.29) is 5.91 Å². The first-order valence-electron chi connectivity index (χ1n) is 9.06. The van der Waals surface area contributed by atoms with E-state index in [0.29, 0.717) is 6.42 Å². The molecule has 0 unspecified atom stereocenters. The lowest BCUT2D eigenvalue weighted by atomic mass is 10.0. The van der Waals surface area contributed by atoms with Gasteiger partial charge in [0.05, 0.1) is 0 Å². The van der Waals surface area contributed by atoms with Crippen LogP contribution in [0, 0.1) is 13.8 Å². The summed E-state index contributed by atoms with van der Waals surface area (Å²) in [7, 11) is 0. The number of anilines is 1. The molecular weight excluding hydrogens is 340 g/mol. The molecule has 0 saturated heterocycles. The van der Waals surface area contributed by atoms with Crippen LogP contribution in [0.5, 0.6) is 0 Å². The van der Waals surface area contributed by atoms with Gasteiger partial charge in [0, 0.05) is 12.1 Å². The van der Waals surface area contributed by atoms with E-state index in [4.69, 9.17) is 4.74 Å². The Balaban J connectivity index is 2.18. The second kappa shape index (κ2) is 8.71. The second-order valence-corrected chi connectivity index (χ2v) is 7.63. The van der Waals surface area contributed by atoms with E-state index in [0.717, 1.165) is 22.4 Å². The van der Waals surface area contributed by atoms with Gasteiger partial charge >= 0.3 is 6.09 Å². The van der Waals surface area contributed by atoms with Crippen LogP contribution in [0.1, 0.15) is 37.5 Å². The van der Waals surface area contributed by atoms with Gasteiger partial charge in [0.15, 0.2) is 0 Å². The van der Waals surface area contributed by atoms with Gasteiger partial charge in [-0.25, -0.2) is 4.79 Å². The summed E-state index contributed by atoms with van der Waals surface area (Å²) in [6, 6.07) is 14.6. The molecule has 0 aliphatic rings. The smallest absolute Gasteiger partial charge is 0.408 e. The predicted octanol–water partition coefficient (Wildman–Crippen LogP) is 4.38. The van der Waals surface area contributed by atoms with Crippen molar-refractivity contribution in [1.82, 2.24) is 5.32 Å². The van der Waals surface area contributed by atoms with Gasteiger partial charge in [0.25, 0.3) is 0 Å². The topological polar surface area (TPSA) is 67.4 Å². The second-order valence-electron chi connectivity index (χ2n) is 7.63. The number of hydrogen-bond donors (Lipinski definition) is 2. The Morgan fingerprint density at radius 2 is 1.67 bits per heavy atom. The Hall–Kier alpha value is -2.82. The number of benzene rings is 2. The summed E-state index contributed by atoms with van der Waals surface area (Å²) in [6.07, 6.45) is -0.240. The van der Waals surface area contributed by atoms with Crippen molar-refractivity contribution in [2.24, 2.45) is 0 Å². The zero-order valence-corrected chi connectivity index (χ0v) is 16.6. The number of alkyl carbamates (subject to hydrolysis) is 1. The zero-order chi connectivity index (χ0) is 20.0. The van der Waals surface area contributed by atoms with E-state index in [9.17, 15) is 9.59 Å². The highest BCUT2D eigenvalue weighted by Gasteiger charge is 2.25. The van der Waals surface area contributed by atoms with Crippen LogP contribution in [-0.4, -0.2) is 23.6 Å². The molecule has 0 aliphatic heterocycles. The molecule has 2 N–H and O–H groups in total. The molecule has 0 heterocycles. The molecule has 0 aliphatic carbocycles. The van der Waals surface area contributed by atoms with Gasteiger partial charge in [-0.2, -0.15) is 0 Å². The minimum absolute atomic E-state index is 0.279. The van der Waals surface area contributed by atoms with Crippen LogP contribution in [0.2, 0.25) is 0 Å². The number of rotatable bonds is 5. The van der Waals surface area contributed by atoms with E-state index >= 15 is 0 Å². The van der Waals surface area contributed by atoms with Crippen molar-refractivity contribution in [2.75, 3.05) is 5.32 Å². The minimum atomic E-state index is -0.748. The summed E-state index contributed by atoms with van der Waals surface area (Å²) in [5.41, 5.74) is 3.15. The number of aryl methyl sites for hydroxylation is 1. The van der Waals surface area contributed by atoms with Gasteiger partial charge in [-0.3, -0.25) is 4.79 Å². The molecule has 27 heavy (non-hydrogen) atoms. The molecule has 144 valence electrons. The molecule has 2 amide bonds. The Morgan fingerprint density at radius 3 is 2.30 bits per heavy atom. The minimum Gasteiger partial charge on any atom is -0.444 e.